The highest BCUT2D eigenvalue weighted by Crippen LogP contribution is 2.25. The van der Waals surface area contributed by atoms with Crippen LogP contribution in [0.1, 0.15) is 20.3 Å². The average molecular weight is 379 g/mol. The fraction of sp³-hybridized carbons (Fsp3) is 0.579. The van der Waals surface area contributed by atoms with Crippen molar-refractivity contribution in [3.63, 3.8) is 0 Å². The minimum Gasteiger partial charge on any atom is -0.355 e. The van der Waals surface area contributed by atoms with Crippen LogP contribution in [0.25, 0.3) is 0 Å². The first-order chi connectivity index (χ1) is 12.5. The summed E-state index contributed by atoms with van der Waals surface area (Å²) in [6, 6.07) is 7.65. The molecular formula is C19H30N4O2S. The average Bonchev–Trinajstić information content (AvgIpc) is 2.66. The van der Waals surface area contributed by atoms with Gasteiger partial charge in [-0.15, -0.1) is 11.8 Å². The maximum absolute atomic E-state index is 12.6. The van der Waals surface area contributed by atoms with Gasteiger partial charge < -0.3 is 10.6 Å². The number of amides is 2. The Kier molecular flexibility index (Phi) is 8.41. The van der Waals surface area contributed by atoms with Crippen LogP contribution in [0.3, 0.4) is 0 Å². The van der Waals surface area contributed by atoms with Gasteiger partial charge in [0.1, 0.15) is 0 Å². The first-order valence-corrected chi connectivity index (χ1v) is 10.4. The van der Waals surface area contributed by atoms with Crippen molar-refractivity contribution in [2.45, 2.75) is 31.2 Å². The lowest BCUT2D eigenvalue weighted by Crippen LogP contribution is -2.54. The Morgan fingerprint density at radius 2 is 1.88 bits per heavy atom. The summed E-state index contributed by atoms with van der Waals surface area (Å²) in [6.07, 6.45) is 2.95. The summed E-state index contributed by atoms with van der Waals surface area (Å²) in [5.41, 5.74) is 0.864. The van der Waals surface area contributed by atoms with Crippen molar-refractivity contribution in [2.75, 3.05) is 50.8 Å². The Morgan fingerprint density at radius 3 is 2.54 bits per heavy atom. The van der Waals surface area contributed by atoms with E-state index >= 15 is 0 Å². The van der Waals surface area contributed by atoms with E-state index in [1.54, 1.807) is 11.8 Å². The van der Waals surface area contributed by atoms with Crippen LogP contribution in [0.5, 0.6) is 0 Å². The van der Waals surface area contributed by atoms with Crippen LogP contribution < -0.4 is 10.6 Å². The number of benzene rings is 1. The molecule has 0 unspecified atom stereocenters. The third-order valence-corrected chi connectivity index (χ3v) is 5.43. The van der Waals surface area contributed by atoms with E-state index in [9.17, 15) is 9.59 Å². The molecule has 0 radical (unpaired) electrons. The summed E-state index contributed by atoms with van der Waals surface area (Å²) >= 11 is 1.62. The molecule has 144 valence electrons. The van der Waals surface area contributed by atoms with E-state index in [2.05, 4.69) is 20.4 Å². The topological polar surface area (TPSA) is 64.7 Å². The van der Waals surface area contributed by atoms with E-state index in [0.717, 1.165) is 49.7 Å². The maximum atomic E-state index is 12.6. The van der Waals surface area contributed by atoms with Gasteiger partial charge in [-0.2, -0.15) is 0 Å². The molecule has 1 aliphatic rings. The standard InChI is InChI=1S/C19H30N4O2S/c1-4-9-20-18(24)14-22-10-12-23(13-11-22)15(2)19(25)21-16-7-5-6-8-17(16)26-3/h5-8,15H,4,9-14H2,1-3H3,(H,20,24)(H,21,25)/t15-/m1/s1. The predicted octanol–water partition coefficient (Wildman–Crippen LogP) is 1.88. The second kappa shape index (κ2) is 10.5. The summed E-state index contributed by atoms with van der Waals surface area (Å²) in [6.45, 7) is 8.35. The molecule has 0 saturated carbocycles. The predicted molar refractivity (Wildman–Crippen MR) is 108 cm³/mol. The fourth-order valence-corrected chi connectivity index (χ4v) is 3.54. The van der Waals surface area contributed by atoms with Gasteiger partial charge in [-0.1, -0.05) is 19.1 Å². The lowest BCUT2D eigenvalue weighted by molar-refractivity contribution is -0.124. The van der Waals surface area contributed by atoms with Crippen molar-refractivity contribution in [3.8, 4) is 0 Å². The van der Waals surface area contributed by atoms with Gasteiger partial charge in [-0.3, -0.25) is 19.4 Å². The second-order valence-corrected chi connectivity index (χ2v) is 7.38. The molecule has 0 bridgehead atoms. The van der Waals surface area contributed by atoms with E-state index < -0.39 is 0 Å². The number of para-hydroxylation sites is 1. The third kappa shape index (κ3) is 6.00. The van der Waals surface area contributed by atoms with E-state index in [0.29, 0.717) is 6.54 Å². The van der Waals surface area contributed by atoms with Gasteiger partial charge in [0, 0.05) is 37.6 Å². The highest BCUT2D eigenvalue weighted by Gasteiger charge is 2.26. The number of hydrogen-bond acceptors (Lipinski definition) is 5. The number of nitrogens with zero attached hydrogens (tertiary/aromatic N) is 2. The molecule has 2 rings (SSSR count). The molecular weight excluding hydrogens is 348 g/mol. The molecule has 1 aliphatic heterocycles. The summed E-state index contributed by atoms with van der Waals surface area (Å²) in [4.78, 5) is 29.8. The van der Waals surface area contributed by atoms with E-state index in [1.807, 2.05) is 44.4 Å². The molecule has 0 aromatic heterocycles. The van der Waals surface area contributed by atoms with Crippen LogP contribution in [0.4, 0.5) is 5.69 Å². The molecule has 1 heterocycles. The molecule has 1 fully saturated rings. The number of anilines is 1. The molecule has 0 spiro atoms. The highest BCUT2D eigenvalue weighted by molar-refractivity contribution is 7.98. The van der Waals surface area contributed by atoms with Gasteiger partial charge in [0.15, 0.2) is 0 Å². The zero-order chi connectivity index (χ0) is 18.9. The summed E-state index contributed by atoms with van der Waals surface area (Å²) < 4.78 is 0. The molecule has 2 amide bonds. The van der Waals surface area contributed by atoms with Crippen LogP contribution in [0, 0.1) is 0 Å². The lowest BCUT2D eigenvalue weighted by Gasteiger charge is -2.37. The smallest absolute Gasteiger partial charge is 0.241 e. The SMILES string of the molecule is CCCNC(=O)CN1CCN([C@H](C)C(=O)Nc2ccccc2SC)CC1. The minimum absolute atomic E-state index is 0.0145. The molecule has 1 aromatic rings. The molecule has 0 aliphatic carbocycles. The van der Waals surface area contributed by atoms with Crippen LogP contribution >= 0.6 is 11.8 Å². The summed E-state index contributed by atoms with van der Waals surface area (Å²) in [5, 5.41) is 5.96. The molecule has 1 aromatic carbocycles. The molecule has 2 N–H and O–H groups in total. The van der Waals surface area contributed by atoms with Crippen LogP contribution in [0.15, 0.2) is 29.2 Å². The Labute approximate surface area is 160 Å². The van der Waals surface area contributed by atoms with Gasteiger partial charge in [0.2, 0.25) is 11.8 Å². The van der Waals surface area contributed by atoms with Gasteiger partial charge in [0.05, 0.1) is 18.3 Å². The monoisotopic (exact) mass is 378 g/mol. The van der Waals surface area contributed by atoms with E-state index in [1.165, 1.54) is 0 Å². The normalized spacial score (nSPS) is 16.9. The molecule has 26 heavy (non-hydrogen) atoms. The van der Waals surface area contributed by atoms with Gasteiger partial charge >= 0.3 is 0 Å². The van der Waals surface area contributed by atoms with Crippen LogP contribution in [0.2, 0.25) is 0 Å². The van der Waals surface area contributed by atoms with Crippen molar-refractivity contribution in [1.29, 1.82) is 0 Å². The first-order valence-electron chi connectivity index (χ1n) is 9.22. The van der Waals surface area contributed by atoms with Gasteiger partial charge in [-0.05, 0) is 31.7 Å². The number of carbonyl (C=O) groups is 2. The quantitative estimate of drug-likeness (QED) is 0.676. The molecule has 7 heteroatoms. The second-order valence-electron chi connectivity index (χ2n) is 6.53. The van der Waals surface area contributed by atoms with Crippen molar-refractivity contribution in [2.24, 2.45) is 0 Å². The van der Waals surface area contributed by atoms with Crippen LogP contribution in [-0.2, 0) is 9.59 Å². The summed E-state index contributed by atoms with van der Waals surface area (Å²) in [5.74, 6) is 0.0976. The lowest BCUT2D eigenvalue weighted by atomic mass is 10.2. The van der Waals surface area contributed by atoms with Gasteiger partial charge in [-0.25, -0.2) is 0 Å². The fourth-order valence-electron chi connectivity index (χ4n) is 2.98. The number of thioether (sulfide) groups is 1. The molecule has 1 atom stereocenters. The van der Waals surface area contributed by atoms with E-state index in [4.69, 9.17) is 0 Å². The van der Waals surface area contributed by atoms with Crippen molar-refractivity contribution < 1.29 is 9.59 Å². The maximum Gasteiger partial charge on any atom is 0.241 e. The van der Waals surface area contributed by atoms with Crippen LogP contribution in [-0.4, -0.2) is 73.2 Å². The van der Waals surface area contributed by atoms with Crippen molar-refractivity contribution in [3.05, 3.63) is 24.3 Å². The highest BCUT2D eigenvalue weighted by atomic mass is 32.2. The largest absolute Gasteiger partial charge is 0.355 e. The Balaban J connectivity index is 1.81. The molecule has 6 nitrogen and oxygen atoms in total. The minimum atomic E-state index is -0.194. The zero-order valence-corrected chi connectivity index (χ0v) is 16.8. The number of piperazine rings is 1. The Bertz CT molecular complexity index is 603. The Morgan fingerprint density at radius 1 is 1.19 bits per heavy atom. The Hall–Kier alpha value is -1.57. The number of nitrogens with one attached hydrogen (secondary N) is 2. The third-order valence-electron chi connectivity index (χ3n) is 4.64. The number of rotatable bonds is 8. The van der Waals surface area contributed by atoms with E-state index in [-0.39, 0.29) is 17.9 Å². The molecule has 1 saturated heterocycles. The number of carbonyl (C=O) groups excluding carboxylic acids is 2. The number of hydrogen-bond donors (Lipinski definition) is 2. The summed E-state index contributed by atoms with van der Waals surface area (Å²) in [7, 11) is 0. The van der Waals surface area contributed by atoms with Crippen molar-refractivity contribution in [1.82, 2.24) is 15.1 Å². The van der Waals surface area contributed by atoms with Crippen molar-refractivity contribution >= 4 is 29.3 Å². The first kappa shape index (κ1) is 20.7. The zero-order valence-electron chi connectivity index (χ0n) is 16.0. The van der Waals surface area contributed by atoms with Gasteiger partial charge in [0.25, 0.3) is 0 Å².